The molecule has 4 nitrogen and oxygen atoms in total. The normalized spacial score (nSPS) is 23.7. The molecule has 1 aliphatic rings. The van der Waals surface area contributed by atoms with Crippen LogP contribution in [-0.2, 0) is 4.74 Å². The molecule has 2 unspecified atom stereocenters. The van der Waals surface area contributed by atoms with Crippen molar-refractivity contribution in [2.75, 3.05) is 26.4 Å². The maximum atomic E-state index is 12.8. The molecule has 0 saturated carbocycles. The molecule has 0 bridgehead atoms. The Kier molecular flexibility index (Phi) is 4.12. The fraction of sp³-hybridized carbons (Fsp3) is 0.750. The molecule has 1 aromatic rings. The summed E-state index contributed by atoms with van der Waals surface area (Å²) in [4.78, 5) is 0. The molecule has 96 valence electrons. The average molecular weight is 241 g/mol. The fourth-order valence-electron chi connectivity index (χ4n) is 2.27. The van der Waals surface area contributed by atoms with Crippen molar-refractivity contribution in [2.45, 2.75) is 32.4 Å². The number of halogens is 1. The smallest absolute Gasteiger partial charge is 0.114 e. The summed E-state index contributed by atoms with van der Waals surface area (Å²) in [6.45, 7) is 5.94. The maximum Gasteiger partial charge on any atom is 0.114 e. The van der Waals surface area contributed by atoms with Gasteiger partial charge in [0.2, 0.25) is 0 Å². The number of ether oxygens (including phenoxy) is 1. The third-order valence-corrected chi connectivity index (χ3v) is 3.18. The van der Waals surface area contributed by atoms with Crippen LogP contribution in [0.15, 0.2) is 6.20 Å². The SMILES string of the molecule is CCNCCC1OCC(CF)n2ncc(C)c21. The first-order chi connectivity index (χ1) is 8.27. The van der Waals surface area contributed by atoms with Gasteiger partial charge in [-0.3, -0.25) is 4.68 Å². The Labute approximate surface area is 101 Å². The zero-order valence-electron chi connectivity index (χ0n) is 10.4. The molecular formula is C12H20FN3O. The van der Waals surface area contributed by atoms with Gasteiger partial charge >= 0.3 is 0 Å². The Bertz CT molecular complexity index is 367. The molecule has 0 radical (unpaired) electrons. The number of aromatic nitrogens is 2. The van der Waals surface area contributed by atoms with Crippen molar-refractivity contribution < 1.29 is 9.13 Å². The van der Waals surface area contributed by atoms with Crippen LogP contribution < -0.4 is 5.32 Å². The second kappa shape index (κ2) is 5.60. The Morgan fingerprint density at radius 1 is 1.65 bits per heavy atom. The van der Waals surface area contributed by atoms with Crippen LogP contribution in [0.1, 0.15) is 36.7 Å². The maximum absolute atomic E-state index is 12.8. The molecular weight excluding hydrogens is 221 g/mol. The Balaban J connectivity index is 2.12. The lowest BCUT2D eigenvalue weighted by Crippen LogP contribution is -2.31. The van der Waals surface area contributed by atoms with Crippen LogP contribution in [0.4, 0.5) is 4.39 Å². The minimum absolute atomic E-state index is 0.0411. The number of alkyl halides is 1. The average Bonchev–Trinajstić information content (AvgIpc) is 2.73. The van der Waals surface area contributed by atoms with E-state index >= 15 is 0 Å². The molecule has 0 spiro atoms. The summed E-state index contributed by atoms with van der Waals surface area (Å²) < 4.78 is 20.4. The van der Waals surface area contributed by atoms with E-state index in [1.54, 1.807) is 10.9 Å². The first kappa shape index (κ1) is 12.5. The molecule has 17 heavy (non-hydrogen) atoms. The van der Waals surface area contributed by atoms with E-state index in [1.807, 2.05) is 6.92 Å². The van der Waals surface area contributed by atoms with Crippen LogP contribution in [0.2, 0.25) is 0 Å². The quantitative estimate of drug-likeness (QED) is 0.799. The van der Waals surface area contributed by atoms with Crippen LogP contribution in [0, 0.1) is 6.92 Å². The second-order valence-corrected chi connectivity index (χ2v) is 4.43. The molecule has 0 amide bonds. The highest BCUT2D eigenvalue weighted by Crippen LogP contribution is 2.31. The van der Waals surface area contributed by atoms with E-state index in [0.29, 0.717) is 6.61 Å². The lowest BCUT2D eigenvalue weighted by atomic mass is 10.1. The molecule has 0 aliphatic carbocycles. The summed E-state index contributed by atoms with van der Waals surface area (Å²) in [5.41, 5.74) is 2.13. The molecule has 2 heterocycles. The number of aryl methyl sites for hydroxylation is 1. The highest BCUT2D eigenvalue weighted by Gasteiger charge is 2.29. The summed E-state index contributed by atoms with van der Waals surface area (Å²) in [5, 5.41) is 7.54. The monoisotopic (exact) mass is 241 g/mol. The van der Waals surface area contributed by atoms with Crippen LogP contribution in [-0.4, -0.2) is 36.2 Å². The molecule has 5 heteroatoms. The molecule has 0 aromatic carbocycles. The van der Waals surface area contributed by atoms with Crippen LogP contribution in [0.5, 0.6) is 0 Å². The number of hydrogen-bond acceptors (Lipinski definition) is 3. The minimum atomic E-state index is -0.423. The van der Waals surface area contributed by atoms with Crippen molar-refractivity contribution in [1.82, 2.24) is 15.1 Å². The number of fused-ring (bicyclic) bond motifs is 1. The van der Waals surface area contributed by atoms with E-state index in [4.69, 9.17) is 4.74 Å². The van der Waals surface area contributed by atoms with E-state index < -0.39 is 6.67 Å². The van der Waals surface area contributed by atoms with Crippen molar-refractivity contribution in [3.63, 3.8) is 0 Å². The summed E-state index contributed by atoms with van der Waals surface area (Å²) in [6, 6.07) is -0.255. The Morgan fingerprint density at radius 3 is 3.18 bits per heavy atom. The van der Waals surface area contributed by atoms with Crippen molar-refractivity contribution in [3.8, 4) is 0 Å². The summed E-state index contributed by atoms with van der Waals surface area (Å²) in [5.74, 6) is 0. The van der Waals surface area contributed by atoms with Gasteiger partial charge in [-0.2, -0.15) is 5.10 Å². The highest BCUT2D eigenvalue weighted by atomic mass is 19.1. The molecule has 1 aliphatic heterocycles. The first-order valence-corrected chi connectivity index (χ1v) is 6.20. The van der Waals surface area contributed by atoms with Crippen molar-refractivity contribution in [2.24, 2.45) is 0 Å². The van der Waals surface area contributed by atoms with E-state index in [0.717, 1.165) is 30.8 Å². The fourth-order valence-corrected chi connectivity index (χ4v) is 2.27. The molecule has 1 N–H and O–H groups in total. The zero-order chi connectivity index (χ0) is 12.3. The largest absolute Gasteiger partial charge is 0.370 e. The Hall–Kier alpha value is -0.940. The summed E-state index contributed by atoms with van der Waals surface area (Å²) in [6.07, 6.45) is 2.74. The number of nitrogens with one attached hydrogen (secondary N) is 1. The highest BCUT2D eigenvalue weighted by molar-refractivity contribution is 5.20. The van der Waals surface area contributed by atoms with E-state index in [1.165, 1.54) is 0 Å². The van der Waals surface area contributed by atoms with Crippen molar-refractivity contribution >= 4 is 0 Å². The second-order valence-electron chi connectivity index (χ2n) is 4.43. The first-order valence-electron chi connectivity index (χ1n) is 6.20. The van der Waals surface area contributed by atoms with Gasteiger partial charge in [-0.15, -0.1) is 0 Å². The van der Waals surface area contributed by atoms with Gasteiger partial charge < -0.3 is 10.1 Å². The molecule has 2 atom stereocenters. The third-order valence-electron chi connectivity index (χ3n) is 3.18. The predicted octanol–water partition coefficient (Wildman–Crippen LogP) is 1.77. The van der Waals surface area contributed by atoms with Gasteiger partial charge in [-0.05, 0) is 32.0 Å². The van der Waals surface area contributed by atoms with Gasteiger partial charge in [0, 0.05) is 0 Å². The number of rotatable bonds is 5. The van der Waals surface area contributed by atoms with Crippen LogP contribution >= 0.6 is 0 Å². The number of nitrogens with zero attached hydrogens (tertiary/aromatic N) is 2. The van der Waals surface area contributed by atoms with Gasteiger partial charge in [0.15, 0.2) is 0 Å². The lowest BCUT2D eigenvalue weighted by molar-refractivity contribution is -0.0148. The molecule has 1 aromatic heterocycles. The van der Waals surface area contributed by atoms with Gasteiger partial charge in [0.05, 0.1) is 18.5 Å². The molecule has 2 rings (SSSR count). The van der Waals surface area contributed by atoms with Gasteiger partial charge in [-0.1, -0.05) is 6.92 Å². The Morgan fingerprint density at radius 2 is 2.47 bits per heavy atom. The van der Waals surface area contributed by atoms with Gasteiger partial charge in [0.1, 0.15) is 18.8 Å². The predicted molar refractivity (Wildman–Crippen MR) is 63.8 cm³/mol. The molecule has 0 fully saturated rings. The van der Waals surface area contributed by atoms with Gasteiger partial charge in [0.25, 0.3) is 0 Å². The van der Waals surface area contributed by atoms with Crippen molar-refractivity contribution in [1.29, 1.82) is 0 Å². The van der Waals surface area contributed by atoms with E-state index in [9.17, 15) is 4.39 Å². The van der Waals surface area contributed by atoms with E-state index in [-0.39, 0.29) is 12.1 Å². The van der Waals surface area contributed by atoms with E-state index in [2.05, 4.69) is 17.3 Å². The zero-order valence-corrected chi connectivity index (χ0v) is 10.4. The van der Waals surface area contributed by atoms with Gasteiger partial charge in [-0.25, -0.2) is 4.39 Å². The minimum Gasteiger partial charge on any atom is -0.370 e. The van der Waals surface area contributed by atoms with Crippen LogP contribution in [0.25, 0.3) is 0 Å². The molecule has 0 saturated heterocycles. The third kappa shape index (κ3) is 2.50. The topological polar surface area (TPSA) is 39.1 Å². The standard InChI is InChI=1S/C12H20FN3O/c1-3-14-5-4-11-12-9(2)7-15-16(12)10(6-13)8-17-11/h7,10-11,14H,3-6,8H2,1-2H3. The number of hydrogen-bond donors (Lipinski definition) is 1. The summed E-state index contributed by atoms with van der Waals surface area (Å²) in [7, 11) is 0. The van der Waals surface area contributed by atoms with Crippen molar-refractivity contribution in [3.05, 3.63) is 17.5 Å². The summed E-state index contributed by atoms with van der Waals surface area (Å²) >= 11 is 0. The van der Waals surface area contributed by atoms with Crippen LogP contribution in [0.3, 0.4) is 0 Å². The lowest BCUT2D eigenvalue weighted by Gasteiger charge is -2.30.